The van der Waals surface area contributed by atoms with Crippen LogP contribution in [0.25, 0.3) is 0 Å². The molecule has 2 nitrogen and oxygen atoms in total. The van der Waals surface area contributed by atoms with E-state index in [1.807, 2.05) is 6.08 Å². The van der Waals surface area contributed by atoms with Crippen molar-refractivity contribution in [1.29, 1.82) is 0 Å². The van der Waals surface area contributed by atoms with E-state index in [9.17, 15) is 5.11 Å². The van der Waals surface area contributed by atoms with Crippen molar-refractivity contribution in [1.82, 2.24) is 0 Å². The molecule has 0 radical (unpaired) electrons. The second kappa shape index (κ2) is 2.24. The molecule has 1 saturated carbocycles. The predicted octanol–water partition coefficient (Wildman–Crippen LogP) is 1.45. The Morgan fingerprint density at radius 1 is 1.64 bits per heavy atom. The second-order valence-corrected chi connectivity index (χ2v) is 3.75. The maximum atomic E-state index is 9.89. The first-order valence-corrected chi connectivity index (χ1v) is 4.26. The monoisotopic (exact) mass is 154 g/mol. The van der Waals surface area contributed by atoms with Gasteiger partial charge in [-0.05, 0) is 24.8 Å². The molecular weight excluding hydrogens is 140 g/mol. The SMILES string of the molecule is CC1CC(O)(C2=CCCO2)C1. The fourth-order valence-corrected chi connectivity index (χ4v) is 2.04. The Kier molecular flexibility index (Phi) is 1.46. The van der Waals surface area contributed by atoms with Crippen LogP contribution in [0.5, 0.6) is 0 Å². The average Bonchev–Trinajstić information content (AvgIpc) is 2.34. The number of rotatable bonds is 1. The summed E-state index contributed by atoms with van der Waals surface area (Å²) in [6, 6.07) is 0. The molecule has 0 atom stereocenters. The van der Waals surface area contributed by atoms with E-state index in [0.717, 1.165) is 31.6 Å². The molecule has 0 unspecified atom stereocenters. The third-order valence-corrected chi connectivity index (χ3v) is 2.54. The molecule has 0 amide bonds. The summed E-state index contributed by atoms with van der Waals surface area (Å²) in [6.07, 6.45) is 4.73. The lowest BCUT2D eigenvalue weighted by Crippen LogP contribution is -2.44. The van der Waals surface area contributed by atoms with Gasteiger partial charge in [0.25, 0.3) is 0 Å². The van der Waals surface area contributed by atoms with Crippen LogP contribution >= 0.6 is 0 Å². The summed E-state index contributed by atoms with van der Waals surface area (Å²) >= 11 is 0. The van der Waals surface area contributed by atoms with Crippen LogP contribution in [0.15, 0.2) is 11.8 Å². The summed E-state index contributed by atoms with van der Waals surface area (Å²) in [5.74, 6) is 1.49. The molecule has 0 aromatic carbocycles. The fraction of sp³-hybridized carbons (Fsp3) is 0.778. The van der Waals surface area contributed by atoms with Gasteiger partial charge >= 0.3 is 0 Å². The Hall–Kier alpha value is -0.500. The third-order valence-electron chi connectivity index (χ3n) is 2.54. The van der Waals surface area contributed by atoms with E-state index in [4.69, 9.17) is 4.74 Å². The minimum absolute atomic E-state index is 0.587. The maximum Gasteiger partial charge on any atom is 0.124 e. The molecule has 0 spiro atoms. The molecule has 0 aromatic rings. The highest BCUT2D eigenvalue weighted by atomic mass is 16.5. The van der Waals surface area contributed by atoms with Crippen molar-refractivity contribution in [3.05, 3.63) is 11.8 Å². The molecule has 2 aliphatic rings. The van der Waals surface area contributed by atoms with E-state index < -0.39 is 5.60 Å². The molecule has 1 N–H and O–H groups in total. The van der Waals surface area contributed by atoms with Crippen LogP contribution in [0, 0.1) is 5.92 Å². The summed E-state index contributed by atoms with van der Waals surface area (Å²) in [6.45, 7) is 2.91. The third kappa shape index (κ3) is 1.06. The van der Waals surface area contributed by atoms with Gasteiger partial charge in [0.15, 0.2) is 0 Å². The zero-order valence-corrected chi connectivity index (χ0v) is 6.84. The maximum absolute atomic E-state index is 9.89. The highest BCUT2D eigenvalue weighted by Gasteiger charge is 2.45. The molecule has 2 heteroatoms. The van der Waals surface area contributed by atoms with Crippen LogP contribution in [0.4, 0.5) is 0 Å². The zero-order chi connectivity index (χ0) is 7.90. The van der Waals surface area contributed by atoms with Gasteiger partial charge in [-0.3, -0.25) is 0 Å². The zero-order valence-electron chi connectivity index (χ0n) is 6.84. The van der Waals surface area contributed by atoms with Crippen molar-refractivity contribution in [2.75, 3.05) is 6.61 Å². The summed E-state index contributed by atoms with van der Waals surface area (Å²) in [7, 11) is 0. The normalized spacial score (nSPS) is 42.7. The van der Waals surface area contributed by atoms with Crippen molar-refractivity contribution in [2.45, 2.75) is 31.8 Å². The average molecular weight is 154 g/mol. The summed E-state index contributed by atoms with van der Waals surface area (Å²) in [4.78, 5) is 0. The molecule has 0 bridgehead atoms. The molecular formula is C9H14O2. The quantitative estimate of drug-likeness (QED) is 0.619. The highest BCUT2D eigenvalue weighted by molar-refractivity contribution is 5.17. The first-order chi connectivity index (χ1) is 5.21. The van der Waals surface area contributed by atoms with Crippen LogP contribution in [-0.2, 0) is 4.74 Å². The lowest BCUT2D eigenvalue weighted by Gasteiger charge is -2.42. The first kappa shape index (κ1) is 7.17. The van der Waals surface area contributed by atoms with E-state index in [2.05, 4.69) is 6.92 Å². The van der Waals surface area contributed by atoms with E-state index in [1.165, 1.54) is 0 Å². The van der Waals surface area contributed by atoms with Crippen LogP contribution in [0.3, 0.4) is 0 Å². The van der Waals surface area contributed by atoms with Crippen molar-refractivity contribution >= 4 is 0 Å². The Labute approximate surface area is 66.9 Å². The molecule has 2 rings (SSSR count). The molecule has 11 heavy (non-hydrogen) atoms. The Morgan fingerprint density at radius 3 is 2.82 bits per heavy atom. The number of hydrogen-bond acceptors (Lipinski definition) is 2. The largest absolute Gasteiger partial charge is 0.495 e. The predicted molar refractivity (Wildman–Crippen MR) is 42.0 cm³/mol. The van der Waals surface area contributed by atoms with E-state index in [0.29, 0.717) is 5.92 Å². The van der Waals surface area contributed by atoms with Crippen LogP contribution in [0.1, 0.15) is 26.2 Å². The fourth-order valence-electron chi connectivity index (χ4n) is 2.04. The smallest absolute Gasteiger partial charge is 0.124 e. The summed E-state index contributed by atoms with van der Waals surface area (Å²) in [5, 5.41) is 9.89. The van der Waals surface area contributed by atoms with Gasteiger partial charge in [-0.15, -0.1) is 0 Å². The molecule has 62 valence electrons. The topological polar surface area (TPSA) is 29.5 Å². The van der Waals surface area contributed by atoms with Gasteiger partial charge in [-0.2, -0.15) is 0 Å². The summed E-state index contributed by atoms with van der Waals surface area (Å²) < 4.78 is 5.32. The van der Waals surface area contributed by atoms with Crippen molar-refractivity contribution in [3.63, 3.8) is 0 Å². The number of aliphatic hydroxyl groups is 1. The van der Waals surface area contributed by atoms with Gasteiger partial charge in [0.1, 0.15) is 11.4 Å². The van der Waals surface area contributed by atoms with Crippen LogP contribution < -0.4 is 0 Å². The Bertz CT molecular complexity index is 190. The lowest BCUT2D eigenvalue weighted by molar-refractivity contribution is -0.0712. The van der Waals surface area contributed by atoms with Gasteiger partial charge in [0.05, 0.1) is 6.61 Å². The lowest BCUT2D eigenvalue weighted by atomic mass is 9.71. The van der Waals surface area contributed by atoms with Gasteiger partial charge in [-0.25, -0.2) is 0 Å². The first-order valence-electron chi connectivity index (χ1n) is 4.26. The Balaban J connectivity index is 2.04. The molecule has 1 aliphatic carbocycles. The van der Waals surface area contributed by atoms with E-state index >= 15 is 0 Å². The minimum Gasteiger partial charge on any atom is -0.495 e. The van der Waals surface area contributed by atoms with Crippen LogP contribution in [-0.4, -0.2) is 17.3 Å². The van der Waals surface area contributed by atoms with Gasteiger partial charge in [0.2, 0.25) is 0 Å². The molecule has 1 heterocycles. The molecule has 1 fully saturated rings. The van der Waals surface area contributed by atoms with Crippen molar-refractivity contribution in [2.24, 2.45) is 5.92 Å². The van der Waals surface area contributed by atoms with E-state index in [-0.39, 0.29) is 0 Å². The van der Waals surface area contributed by atoms with Gasteiger partial charge in [0, 0.05) is 6.42 Å². The number of hydrogen-bond donors (Lipinski definition) is 1. The number of ether oxygens (including phenoxy) is 1. The molecule has 0 aromatic heterocycles. The van der Waals surface area contributed by atoms with Crippen molar-refractivity contribution < 1.29 is 9.84 Å². The highest BCUT2D eigenvalue weighted by Crippen LogP contribution is 2.44. The van der Waals surface area contributed by atoms with Crippen molar-refractivity contribution in [3.8, 4) is 0 Å². The van der Waals surface area contributed by atoms with E-state index in [1.54, 1.807) is 0 Å². The van der Waals surface area contributed by atoms with Gasteiger partial charge < -0.3 is 9.84 Å². The Morgan fingerprint density at radius 2 is 2.36 bits per heavy atom. The van der Waals surface area contributed by atoms with Gasteiger partial charge in [-0.1, -0.05) is 6.92 Å². The molecule has 1 aliphatic heterocycles. The van der Waals surface area contributed by atoms with Crippen LogP contribution in [0.2, 0.25) is 0 Å². The standard InChI is InChI=1S/C9H14O2/c1-7-5-9(10,6-7)8-3-2-4-11-8/h3,7,10H,2,4-6H2,1H3. The second-order valence-electron chi connectivity index (χ2n) is 3.75. The molecule has 0 saturated heterocycles. The minimum atomic E-state index is -0.587. The summed E-state index contributed by atoms with van der Waals surface area (Å²) in [5.41, 5.74) is -0.587.